The molecule has 1 aromatic heterocycles. The van der Waals surface area contributed by atoms with Crippen LogP contribution < -0.4 is 15.1 Å². The number of aryl methyl sites for hydroxylation is 1. The Morgan fingerprint density at radius 3 is 2.64 bits per heavy atom. The van der Waals surface area contributed by atoms with Crippen molar-refractivity contribution in [1.82, 2.24) is 4.31 Å². The van der Waals surface area contributed by atoms with Gasteiger partial charge in [0, 0.05) is 30.1 Å². The first kappa shape index (κ1) is 23.0. The number of hydrogen-bond acceptors (Lipinski definition) is 7. The molecular formula is C24H25NO7S. The molecule has 1 aliphatic heterocycles. The van der Waals surface area contributed by atoms with E-state index in [4.69, 9.17) is 13.9 Å². The lowest BCUT2D eigenvalue weighted by Crippen LogP contribution is -2.42. The van der Waals surface area contributed by atoms with Gasteiger partial charge in [-0.2, -0.15) is 4.31 Å². The van der Waals surface area contributed by atoms with Crippen LogP contribution in [0.15, 0.2) is 56.6 Å². The van der Waals surface area contributed by atoms with Crippen molar-refractivity contribution < 1.29 is 27.1 Å². The SMILES string of the molecule is COc1ccc(C(=O)Oc2ccc3c(C)cc(=O)oc3c2)cc1S(=O)(=O)N1CCCC[C@H]1C. The van der Waals surface area contributed by atoms with Crippen molar-refractivity contribution in [2.45, 2.75) is 44.0 Å². The molecule has 1 aliphatic rings. The zero-order valence-corrected chi connectivity index (χ0v) is 19.5. The maximum Gasteiger partial charge on any atom is 0.343 e. The Morgan fingerprint density at radius 1 is 1.12 bits per heavy atom. The van der Waals surface area contributed by atoms with Crippen LogP contribution in [0.25, 0.3) is 11.0 Å². The molecule has 174 valence electrons. The second kappa shape index (κ2) is 8.99. The summed E-state index contributed by atoms with van der Waals surface area (Å²) in [4.78, 5) is 24.4. The van der Waals surface area contributed by atoms with Crippen LogP contribution in [0.5, 0.6) is 11.5 Å². The van der Waals surface area contributed by atoms with E-state index in [0.717, 1.165) is 30.2 Å². The zero-order valence-electron chi connectivity index (χ0n) is 18.7. The van der Waals surface area contributed by atoms with Crippen LogP contribution in [0.3, 0.4) is 0 Å². The average molecular weight is 472 g/mol. The maximum absolute atomic E-state index is 13.4. The molecule has 4 rings (SSSR count). The van der Waals surface area contributed by atoms with Gasteiger partial charge in [-0.3, -0.25) is 0 Å². The molecule has 33 heavy (non-hydrogen) atoms. The maximum atomic E-state index is 13.4. The number of benzene rings is 2. The van der Waals surface area contributed by atoms with Gasteiger partial charge in [-0.1, -0.05) is 6.42 Å². The Balaban J connectivity index is 1.66. The van der Waals surface area contributed by atoms with Gasteiger partial charge in [-0.25, -0.2) is 18.0 Å². The van der Waals surface area contributed by atoms with Gasteiger partial charge < -0.3 is 13.9 Å². The molecule has 0 bridgehead atoms. The average Bonchev–Trinajstić information content (AvgIpc) is 2.78. The summed E-state index contributed by atoms with van der Waals surface area (Å²) in [7, 11) is -2.48. The molecule has 1 saturated heterocycles. The van der Waals surface area contributed by atoms with Gasteiger partial charge in [-0.15, -0.1) is 0 Å². The fraction of sp³-hybridized carbons (Fsp3) is 0.333. The number of methoxy groups -OCH3 is 1. The number of fused-ring (bicyclic) bond motifs is 1. The number of hydrogen-bond donors (Lipinski definition) is 0. The summed E-state index contributed by atoms with van der Waals surface area (Å²) in [5.41, 5.74) is 0.601. The van der Waals surface area contributed by atoms with E-state index in [-0.39, 0.29) is 28.0 Å². The van der Waals surface area contributed by atoms with Crippen molar-refractivity contribution in [1.29, 1.82) is 0 Å². The van der Waals surface area contributed by atoms with E-state index in [9.17, 15) is 18.0 Å². The fourth-order valence-corrected chi connectivity index (χ4v) is 5.98. The van der Waals surface area contributed by atoms with Crippen LogP contribution in [0, 0.1) is 6.92 Å². The molecule has 0 radical (unpaired) electrons. The summed E-state index contributed by atoms with van der Waals surface area (Å²) in [6, 6.07) is 10.2. The number of carbonyl (C=O) groups is 1. The van der Waals surface area contributed by atoms with Gasteiger partial charge in [0.25, 0.3) is 0 Å². The fourth-order valence-electron chi connectivity index (χ4n) is 4.10. The van der Waals surface area contributed by atoms with E-state index in [1.807, 2.05) is 6.92 Å². The predicted molar refractivity (Wildman–Crippen MR) is 122 cm³/mol. The number of carbonyl (C=O) groups excluding carboxylic acids is 1. The first-order valence-corrected chi connectivity index (χ1v) is 12.1. The Kier molecular flexibility index (Phi) is 6.27. The number of sulfonamides is 1. The highest BCUT2D eigenvalue weighted by Crippen LogP contribution is 2.32. The van der Waals surface area contributed by atoms with Crippen LogP contribution in [0.1, 0.15) is 42.1 Å². The van der Waals surface area contributed by atoms with Crippen LogP contribution in [0.4, 0.5) is 0 Å². The van der Waals surface area contributed by atoms with E-state index in [2.05, 4.69) is 0 Å². The Morgan fingerprint density at radius 2 is 1.91 bits per heavy atom. The van der Waals surface area contributed by atoms with Gasteiger partial charge in [-0.05, 0) is 62.6 Å². The second-order valence-electron chi connectivity index (χ2n) is 8.12. The third-order valence-corrected chi connectivity index (χ3v) is 7.90. The first-order valence-electron chi connectivity index (χ1n) is 10.7. The summed E-state index contributed by atoms with van der Waals surface area (Å²) < 4.78 is 44.1. The monoisotopic (exact) mass is 471 g/mol. The molecule has 1 atom stereocenters. The molecule has 0 spiro atoms. The van der Waals surface area contributed by atoms with E-state index >= 15 is 0 Å². The van der Waals surface area contributed by atoms with Crippen molar-refractivity contribution >= 4 is 27.0 Å². The minimum atomic E-state index is -3.87. The van der Waals surface area contributed by atoms with E-state index in [1.165, 1.54) is 41.7 Å². The van der Waals surface area contributed by atoms with Gasteiger partial charge in [0.2, 0.25) is 10.0 Å². The lowest BCUT2D eigenvalue weighted by Gasteiger charge is -2.32. The minimum Gasteiger partial charge on any atom is -0.495 e. The molecule has 1 fully saturated rings. The number of esters is 1. The van der Waals surface area contributed by atoms with Crippen molar-refractivity contribution in [3.8, 4) is 11.5 Å². The molecule has 0 saturated carbocycles. The summed E-state index contributed by atoms with van der Waals surface area (Å²) in [6.07, 6.45) is 2.54. The van der Waals surface area contributed by atoms with Gasteiger partial charge in [0.05, 0.1) is 12.7 Å². The summed E-state index contributed by atoms with van der Waals surface area (Å²) in [5, 5.41) is 0.725. The smallest absolute Gasteiger partial charge is 0.343 e. The number of nitrogens with zero attached hydrogens (tertiary/aromatic N) is 1. The summed E-state index contributed by atoms with van der Waals surface area (Å²) in [5.74, 6) is -0.409. The molecule has 2 aromatic carbocycles. The number of rotatable bonds is 5. The molecule has 0 N–H and O–H groups in total. The summed E-state index contributed by atoms with van der Waals surface area (Å²) in [6.45, 7) is 4.08. The van der Waals surface area contributed by atoms with Crippen molar-refractivity contribution in [3.05, 3.63) is 64.0 Å². The molecule has 3 aromatic rings. The molecule has 2 heterocycles. The topological polar surface area (TPSA) is 103 Å². The van der Waals surface area contributed by atoms with Crippen LogP contribution >= 0.6 is 0 Å². The van der Waals surface area contributed by atoms with E-state index in [0.29, 0.717) is 12.1 Å². The van der Waals surface area contributed by atoms with E-state index < -0.39 is 21.6 Å². The quantitative estimate of drug-likeness (QED) is 0.316. The molecule has 8 nitrogen and oxygen atoms in total. The Hall–Kier alpha value is -3.17. The van der Waals surface area contributed by atoms with Crippen molar-refractivity contribution in [2.24, 2.45) is 0 Å². The van der Waals surface area contributed by atoms with Gasteiger partial charge >= 0.3 is 11.6 Å². The van der Waals surface area contributed by atoms with Crippen molar-refractivity contribution in [3.63, 3.8) is 0 Å². The Bertz CT molecular complexity index is 1380. The van der Waals surface area contributed by atoms with Crippen LogP contribution in [-0.2, 0) is 10.0 Å². The largest absolute Gasteiger partial charge is 0.495 e. The third-order valence-electron chi connectivity index (χ3n) is 5.86. The second-order valence-corrected chi connectivity index (χ2v) is 9.98. The third kappa shape index (κ3) is 4.51. The summed E-state index contributed by atoms with van der Waals surface area (Å²) >= 11 is 0. The highest BCUT2D eigenvalue weighted by molar-refractivity contribution is 7.89. The highest BCUT2D eigenvalue weighted by atomic mass is 32.2. The lowest BCUT2D eigenvalue weighted by atomic mass is 10.1. The first-order chi connectivity index (χ1) is 15.7. The van der Waals surface area contributed by atoms with Crippen LogP contribution in [-0.4, -0.2) is 38.4 Å². The molecular weight excluding hydrogens is 446 g/mol. The minimum absolute atomic E-state index is 0.0600. The molecule has 9 heteroatoms. The van der Waals surface area contributed by atoms with Crippen molar-refractivity contribution in [2.75, 3.05) is 13.7 Å². The number of piperidine rings is 1. The van der Waals surface area contributed by atoms with E-state index in [1.54, 1.807) is 19.1 Å². The lowest BCUT2D eigenvalue weighted by molar-refractivity contribution is 0.0734. The van der Waals surface area contributed by atoms with Gasteiger partial charge in [0.15, 0.2) is 0 Å². The van der Waals surface area contributed by atoms with Crippen LogP contribution in [0.2, 0.25) is 0 Å². The standard InChI is InChI=1S/C24H25NO7S/c1-15-12-23(26)32-21-14-18(8-9-19(15)21)31-24(27)17-7-10-20(30-3)22(13-17)33(28,29)25-11-5-4-6-16(25)2/h7-10,12-14,16H,4-6,11H2,1-3H3/t16-/m1/s1. The van der Waals surface area contributed by atoms with Gasteiger partial charge in [0.1, 0.15) is 22.0 Å². The molecule has 0 aliphatic carbocycles. The zero-order chi connectivity index (χ0) is 23.8. The normalized spacial score (nSPS) is 17.1. The molecule has 0 amide bonds. The Labute approximate surface area is 191 Å². The number of ether oxygens (including phenoxy) is 2. The highest BCUT2D eigenvalue weighted by Gasteiger charge is 2.33. The predicted octanol–water partition coefficient (Wildman–Crippen LogP) is 3.89. The molecule has 0 unspecified atom stereocenters.